The highest BCUT2D eigenvalue weighted by molar-refractivity contribution is 5.79. The van der Waals surface area contributed by atoms with E-state index in [0.717, 1.165) is 30.7 Å². The largest absolute Gasteiger partial charge is 0.355 e. The lowest BCUT2D eigenvalue weighted by Crippen LogP contribution is -2.45. The normalized spacial score (nSPS) is 23.1. The van der Waals surface area contributed by atoms with Crippen LogP contribution in [0.4, 0.5) is 0 Å². The zero-order valence-corrected chi connectivity index (χ0v) is 15.9. The lowest BCUT2D eigenvalue weighted by atomic mass is 9.89. The van der Waals surface area contributed by atoms with Crippen LogP contribution in [0.5, 0.6) is 0 Å². The number of hydrogen-bond donors (Lipinski definition) is 2. The molecule has 6 nitrogen and oxygen atoms in total. The molecule has 2 aliphatic rings. The Balaban J connectivity index is 1.43. The molecule has 0 amide bonds. The van der Waals surface area contributed by atoms with E-state index in [9.17, 15) is 0 Å². The van der Waals surface area contributed by atoms with Crippen molar-refractivity contribution in [3.63, 3.8) is 0 Å². The van der Waals surface area contributed by atoms with Crippen LogP contribution in [0.15, 0.2) is 17.3 Å². The predicted molar refractivity (Wildman–Crippen MR) is 103 cm³/mol. The third-order valence-electron chi connectivity index (χ3n) is 5.80. The van der Waals surface area contributed by atoms with Gasteiger partial charge in [-0.3, -0.25) is 14.6 Å². The number of aromatic nitrogens is 2. The summed E-state index contributed by atoms with van der Waals surface area (Å²) in [6.45, 7) is 4.29. The molecule has 1 saturated heterocycles. The molecule has 1 aliphatic heterocycles. The van der Waals surface area contributed by atoms with Crippen molar-refractivity contribution < 1.29 is 0 Å². The van der Waals surface area contributed by atoms with Crippen LogP contribution >= 0.6 is 0 Å². The van der Waals surface area contributed by atoms with Crippen LogP contribution in [0, 0.1) is 5.92 Å². The molecule has 0 spiro atoms. The smallest absolute Gasteiger partial charge is 0.191 e. The van der Waals surface area contributed by atoms with Gasteiger partial charge in [0.25, 0.3) is 0 Å². The molecule has 25 heavy (non-hydrogen) atoms. The molecule has 1 aliphatic carbocycles. The Bertz CT molecular complexity index is 546. The highest BCUT2D eigenvalue weighted by Crippen LogP contribution is 2.27. The summed E-state index contributed by atoms with van der Waals surface area (Å²) in [6, 6.07) is 2.68. The minimum atomic E-state index is 0.650. The van der Waals surface area contributed by atoms with E-state index in [1.807, 2.05) is 31.0 Å². The molecule has 0 aromatic carbocycles. The van der Waals surface area contributed by atoms with Gasteiger partial charge < -0.3 is 10.6 Å². The molecule has 1 unspecified atom stereocenters. The monoisotopic (exact) mass is 346 g/mol. The first-order valence-corrected chi connectivity index (χ1v) is 9.91. The first-order chi connectivity index (χ1) is 12.3. The standard InChI is InChI=1S/C19H34N6/c1-20-19(21-13-17-10-11-23-24(17)2)22-14-18-9-6-12-25(18)15-16-7-4-3-5-8-16/h10-11,16,18H,3-9,12-15H2,1-2H3,(H2,20,21,22). The van der Waals surface area contributed by atoms with E-state index in [4.69, 9.17) is 0 Å². The van der Waals surface area contributed by atoms with Gasteiger partial charge >= 0.3 is 0 Å². The Morgan fingerprint density at radius 2 is 2.04 bits per heavy atom. The lowest BCUT2D eigenvalue weighted by molar-refractivity contribution is 0.188. The maximum atomic E-state index is 4.37. The maximum Gasteiger partial charge on any atom is 0.191 e. The molecule has 1 atom stereocenters. The average molecular weight is 347 g/mol. The van der Waals surface area contributed by atoms with Crippen molar-refractivity contribution in [1.82, 2.24) is 25.3 Å². The fraction of sp³-hybridized carbons (Fsp3) is 0.789. The summed E-state index contributed by atoms with van der Waals surface area (Å²) in [4.78, 5) is 7.08. The summed E-state index contributed by atoms with van der Waals surface area (Å²) >= 11 is 0. The number of aliphatic imine (C=N–C) groups is 1. The first kappa shape index (κ1) is 18.2. The van der Waals surface area contributed by atoms with Gasteiger partial charge in [-0.05, 0) is 44.2 Å². The lowest BCUT2D eigenvalue weighted by Gasteiger charge is -2.31. The molecule has 1 aromatic heterocycles. The van der Waals surface area contributed by atoms with Crippen LogP contribution in [0.3, 0.4) is 0 Å². The quantitative estimate of drug-likeness (QED) is 0.612. The molecule has 140 valence electrons. The summed E-state index contributed by atoms with van der Waals surface area (Å²) in [6.07, 6.45) is 11.7. The minimum absolute atomic E-state index is 0.650. The van der Waals surface area contributed by atoms with Crippen molar-refractivity contribution in [2.75, 3.05) is 26.7 Å². The number of nitrogens with zero attached hydrogens (tertiary/aromatic N) is 4. The van der Waals surface area contributed by atoms with Gasteiger partial charge in [0.15, 0.2) is 5.96 Å². The van der Waals surface area contributed by atoms with Gasteiger partial charge in [-0.1, -0.05) is 19.3 Å². The summed E-state index contributed by atoms with van der Waals surface area (Å²) in [5.41, 5.74) is 1.16. The summed E-state index contributed by atoms with van der Waals surface area (Å²) in [5.74, 6) is 1.81. The van der Waals surface area contributed by atoms with Gasteiger partial charge in [-0.25, -0.2) is 0 Å². The average Bonchev–Trinajstić information content (AvgIpc) is 3.25. The van der Waals surface area contributed by atoms with Crippen molar-refractivity contribution in [2.45, 2.75) is 57.5 Å². The predicted octanol–water partition coefficient (Wildman–Crippen LogP) is 2.13. The van der Waals surface area contributed by atoms with E-state index >= 15 is 0 Å². The van der Waals surface area contributed by atoms with Crippen LogP contribution < -0.4 is 10.6 Å². The van der Waals surface area contributed by atoms with Crippen LogP contribution in [0.2, 0.25) is 0 Å². The Morgan fingerprint density at radius 1 is 1.20 bits per heavy atom. The molecular weight excluding hydrogens is 312 g/mol. The maximum absolute atomic E-state index is 4.37. The summed E-state index contributed by atoms with van der Waals surface area (Å²) in [7, 11) is 3.81. The van der Waals surface area contributed by atoms with Crippen molar-refractivity contribution in [3.05, 3.63) is 18.0 Å². The molecule has 3 rings (SSSR count). The first-order valence-electron chi connectivity index (χ1n) is 9.91. The van der Waals surface area contributed by atoms with Gasteiger partial charge in [-0.2, -0.15) is 5.10 Å². The fourth-order valence-electron chi connectivity index (χ4n) is 4.25. The molecule has 2 fully saturated rings. The van der Waals surface area contributed by atoms with Crippen molar-refractivity contribution >= 4 is 5.96 Å². The molecule has 0 bridgehead atoms. The minimum Gasteiger partial charge on any atom is -0.355 e. The molecule has 2 N–H and O–H groups in total. The Kier molecular flexibility index (Phi) is 6.73. The number of rotatable bonds is 6. The third kappa shape index (κ3) is 5.21. The molecule has 1 aromatic rings. The Labute approximate surface area is 152 Å². The van der Waals surface area contributed by atoms with Crippen molar-refractivity contribution in [1.29, 1.82) is 0 Å². The number of likely N-dealkylation sites (tertiary alicyclic amines) is 1. The second-order valence-corrected chi connectivity index (χ2v) is 7.55. The second-order valence-electron chi connectivity index (χ2n) is 7.55. The van der Waals surface area contributed by atoms with E-state index in [-0.39, 0.29) is 0 Å². The SMILES string of the molecule is CN=C(NCc1ccnn1C)NCC1CCCN1CC1CCCCC1. The second kappa shape index (κ2) is 9.22. The molecule has 1 saturated carbocycles. The zero-order valence-electron chi connectivity index (χ0n) is 15.9. The summed E-state index contributed by atoms with van der Waals surface area (Å²) < 4.78 is 1.89. The number of hydrogen-bond acceptors (Lipinski definition) is 3. The Hall–Kier alpha value is -1.56. The molecular formula is C19H34N6. The highest BCUT2D eigenvalue weighted by atomic mass is 15.3. The molecule has 6 heteroatoms. The van der Waals surface area contributed by atoms with E-state index in [1.165, 1.54) is 58.0 Å². The highest BCUT2D eigenvalue weighted by Gasteiger charge is 2.27. The van der Waals surface area contributed by atoms with Crippen LogP contribution in [0.25, 0.3) is 0 Å². The number of nitrogens with one attached hydrogen (secondary N) is 2. The fourth-order valence-corrected chi connectivity index (χ4v) is 4.25. The van der Waals surface area contributed by atoms with Crippen molar-refractivity contribution in [2.24, 2.45) is 18.0 Å². The van der Waals surface area contributed by atoms with Crippen LogP contribution in [-0.2, 0) is 13.6 Å². The molecule has 0 radical (unpaired) electrons. The van der Waals surface area contributed by atoms with Gasteiger partial charge in [0.1, 0.15) is 0 Å². The summed E-state index contributed by atoms with van der Waals surface area (Å²) in [5, 5.41) is 11.1. The van der Waals surface area contributed by atoms with E-state index in [2.05, 4.69) is 25.6 Å². The Morgan fingerprint density at radius 3 is 2.76 bits per heavy atom. The molecule has 2 heterocycles. The van der Waals surface area contributed by atoms with Crippen LogP contribution in [-0.4, -0.2) is 53.4 Å². The van der Waals surface area contributed by atoms with Crippen LogP contribution in [0.1, 0.15) is 50.6 Å². The van der Waals surface area contributed by atoms with E-state index in [1.54, 1.807) is 0 Å². The van der Waals surface area contributed by atoms with E-state index < -0.39 is 0 Å². The van der Waals surface area contributed by atoms with Gasteiger partial charge in [0.2, 0.25) is 0 Å². The number of guanidine groups is 1. The third-order valence-corrected chi connectivity index (χ3v) is 5.80. The number of aryl methyl sites for hydroxylation is 1. The van der Waals surface area contributed by atoms with E-state index in [0.29, 0.717) is 6.04 Å². The topological polar surface area (TPSA) is 57.5 Å². The van der Waals surface area contributed by atoms with Gasteiger partial charge in [-0.15, -0.1) is 0 Å². The zero-order chi connectivity index (χ0) is 17.5. The van der Waals surface area contributed by atoms with Crippen molar-refractivity contribution in [3.8, 4) is 0 Å². The van der Waals surface area contributed by atoms with Gasteiger partial charge in [0.05, 0.1) is 12.2 Å². The van der Waals surface area contributed by atoms with Gasteiger partial charge in [0, 0.05) is 39.4 Å².